The molecule has 4 atom stereocenters. The van der Waals surface area contributed by atoms with Crippen LogP contribution in [0, 0.1) is 0 Å². The molecule has 1 aromatic carbocycles. The maximum absolute atomic E-state index is 6.45. The van der Waals surface area contributed by atoms with Gasteiger partial charge in [-0.3, -0.25) is 4.90 Å². The summed E-state index contributed by atoms with van der Waals surface area (Å²) in [6, 6.07) is 4.86. The van der Waals surface area contributed by atoms with Gasteiger partial charge in [-0.2, -0.15) is 0 Å². The minimum atomic E-state index is -0.0469. The number of hydrogen-bond donors (Lipinski definition) is 0. The predicted octanol–water partition coefficient (Wildman–Crippen LogP) is 2.13. The molecule has 2 heterocycles. The third kappa shape index (κ3) is 0.996. The Bertz CT molecular complexity index is 841. The maximum atomic E-state index is 6.45. The zero-order valence-corrected chi connectivity index (χ0v) is 13.6. The van der Waals surface area contributed by atoms with Crippen molar-refractivity contribution >= 4 is 0 Å². The predicted molar refractivity (Wildman–Crippen MR) is 85.0 cm³/mol. The standard InChI is InChI=1S/C19H19NO3/c1-20-9-18-8-19-11(16(18)20)5-7-13(22-3)17(19)23-15-12(21-2)6-4-10(18)14(15)19/h4-7,16-17H,8-9H2,1-3H3/t16-,17-,18?,19?/m0/s1. The fourth-order valence-electron chi connectivity index (χ4n) is 6.29. The first-order valence-electron chi connectivity index (χ1n) is 8.22. The zero-order valence-electron chi connectivity index (χ0n) is 13.6. The normalized spacial score (nSPS) is 40.7. The molecule has 1 saturated heterocycles. The third-order valence-electron chi connectivity index (χ3n) is 6.83. The highest BCUT2D eigenvalue weighted by molar-refractivity contribution is 5.75. The van der Waals surface area contributed by atoms with Crippen molar-refractivity contribution in [2.45, 2.75) is 29.4 Å². The van der Waals surface area contributed by atoms with Gasteiger partial charge in [0, 0.05) is 23.6 Å². The Morgan fingerprint density at radius 2 is 2.09 bits per heavy atom. The fourth-order valence-corrected chi connectivity index (χ4v) is 6.29. The monoisotopic (exact) mass is 309 g/mol. The lowest BCUT2D eigenvalue weighted by Gasteiger charge is -2.54. The number of ether oxygens (including phenoxy) is 3. The van der Waals surface area contributed by atoms with Gasteiger partial charge in [-0.05, 0) is 36.7 Å². The van der Waals surface area contributed by atoms with Crippen LogP contribution in [0.4, 0.5) is 0 Å². The van der Waals surface area contributed by atoms with Crippen molar-refractivity contribution in [1.82, 2.24) is 4.90 Å². The zero-order chi connectivity index (χ0) is 15.6. The number of nitrogens with zero attached hydrogens (tertiary/aromatic N) is 1. The van der Waals surface area contributed by atoms with Crippen molar-refractivity contribution in [3.8, 4) is 11.5 Å². The average Bonchev–Trinajstić information content (AvgIpc) is 3.12. The smallest absolute Gasteiger partial charge is 0.169 e. The van der Waals surface area contributed by atoms with Gasteiger partial charge < -0.3 is 14.2 Å². The summed E-state index contributed by atoms with van der Waals surface area (Å²) in [6.45, 7) is 1.13. The van der Waals surface area contributed by atoms with Crippen molar-refractivity contribution in [2.24, 2.45) is 0 Å². The van der Waals surface area contributed by atoms with E-state index in [9.17, 15) is 0 Å². The lowest BCUT2D eigenvalue weighted by molar-refractivity contribution is 0.0510. The Kier molecular flexibility index (Phi) is 1.86. The Labute approximate surface area is 135 Å². The summed E-state index contributed by atoms with van der Waals surface area (Å²) in [7, 11) is 5.70. The van der Waals surface area contributed by atoms with Crippen LogP contribution in [0.3, 0.4) is 0 Å². The van der Waals surface area contributed by atoms with Crippen molar-refractivity contribution in [2.75, 3.05) is 27.8 Å². The van der Waals surface area contributed by atoms with E-state index in [4.69, 9.17) is 14.2 Å². The summed E-state index contributed by atoms with van der Waals surface area (Å²) in [6.07, 6.45) is 5.49. The van der Waals surface area contributed by atoms with E-state index in [-0.39, 0.29) is 16.9 Å². The second-order valence-electron chi connectivity index (χ2n) is 7.53. The van der Waals surface area contributed by atoms with Crippen LogP contribution in [0.25, 0.3) is 0 Å². The van der Waals surface area contributed by atoms with Gasteiger partial charge in [-0.1, -0.05) is 12.1 Å². The molecule has 0 N–H and O–H groups in total. The van der Waals surface area contributed by atoms with Gasteiger partial charge in [-0.15, -0.1) is 0 Å². The highest BCUT2D eigenvalue weighted by Gasteiger charge is 2.77. The van der Waals surface area contributed by atoms with Crippen molar-refractivity contribution in [3.63, 3.8) is 0 Å². The molecule has 23 heavy (non-hydrogen) atoms. The van der Waals surface area contributed by atoms with Crippen molar-refractivity contribution in [1.29, 1.82) is 0 Å². The van der Waals surface area contributed by atoms with Crippen LogP contribution >= 0.6 is 0 Å². The van der Waals surface area contributed by atoms with E-state index in [2.05, 4.69) is 36.2 Å². The molecule has 5 aliphatic rings. The topological polar surface area (TPSA) is 30.9 Å². The van der Waals surface area contributed by atoms with Gasteiger partial charge in [-0.25, -0.2) is 0 Å². The minimum absolute atomic E-state index is 0.0454. The Morgan fingerprint density at radius 3 is 2.83 bits per heavy atom. The first-order valence-corrected chi connectivity index (χ1v) is 8.22. The molecule has 1 saturated carbocycles. The van der Waals surface area contributed by atoms with E-state index < -0.39 is 0 Å². The lowest BCUT2D eigenvalue weighted by atomic mass is 9.63. The number of allylic oxidation sites excluding steroid dienone is 2. The third-order valence-corrected chi connectivity index (χ3v) is 6.83. The average molecular weight is 309 g/mol. The molecule has 2 unspecified atom stereocenters. The van der Waals surface area contributed by atoms with Crippen molar-refractivity contribution in [3.05, 3.63) is 46.7 Å². The molecule has 2 spiro atoms. The van der Waals surface area contributed by atoms with Crippen LogP contribution < -0.4 is 9.47 Å². The number of likely N-dealkylation sites (tertiary alicyclic amines) is 1. The quantitative estimate of drug-likeness (QED) is 0.837. The number of benzene rings is 1. The molecule has 2 fully saturated rings. The van der Waals surface area contributed by atoms with E-state index in [0.717, 1.165) is 30.2 Å². The Morgan fingerprint density at radius 1 is 1.22 bits per heavy atom. The van der Waals surface area contributed by atoms with E-state index >= 15 is 0 Å². The minimum Gasteiger partial charge on any atom is -0.497 e. The number of methoxy groups -OCH3 is 2. The Hall–Kier alpha value is -1.94. The summed E-state index contributed by atoms with van der Waals surface area (Å²) in [4.78, 5) is 2.48. The molecule has 118 valence electrons. The molecule has 2 aliphatic heterocycles. The Balaban J connectivity index is 1.72. The fraction of sp³-hybridized carbons (Fsp3) is 0.474. The molecule has 1 aromatic rings. The molecular formula is C19H19NO3. The van der Waals surface area contributed by atoms with Crippen LogP contribution in [-0.4, -0.2) is 44.9 Å². The van der Waals surface area contributed by atoms with Gasteiger partial charge in [0.05, 0.1) is 19.6 Å². The summed E-state index contributed by atoms with van der Waals surface area (Å²) in [5.41, 5.74) is 4.58. The van der Waals surface area contributed by atoms with Crippen LogP contribution in [0.1, 0.15) is 17.5 Å². The van der Waals surface area contributed by atoms with Gasteiger partial charge in [0.2, 0.25) is 0 Å². The van der Waals surface area contributed by atoms with Crippen molar-refractivity contribution < 1.29 is 14.2 Å². The second-order valence-corrected chi connectivity index (χ2v) is 7.53. The molecule has 3 aliphatic carbocycles. The number of rotatable bonds is 2. The van der Waals surface area contributed by atoms with Gasteiger partial charge >= 0.3 is 0 Å². The first kappa shape index (κ1) is 12.5. The highest BCUT2D eigenvalue weighted by atomic mass is 16.6. The largest absolute Gasteiger partial charge is 0.497 e. The highest BCUT2D eigenvalue weighted by Crippen LogP contribution is 2.75. The SMILES string of the molecule is COC1=CC=C2[C@@H]3N(C)CC34CC23c2c4ccc(OC)c2O[C@@H]13. The molecule has 4 heteroatoms. The van der Waals surface area contributed by atoms with E-state index in [1.807, 2.05) is 0 Å². The van der Waals surface area contributed by atoms with E-state index in [1.54, 1.807) is 14.2 Å². The molecule has 0 radical (unpaired) electrons. The van der Waals surface area contributed by atoms with Crippen LogP contribution in [0.15, 0.2) is 35.6 Å². The molecule has 2 bridgehead atoms. The number of likely N-dealkylation sites (N-methyl/N-ethyl adjacent to an activating group) is 1. The number of fused-ring (bicyclic) bond motifs is 1. The molecule has 4 nitrogen and oxygen atoms in total. The first-order chi connectivity index (χ1) is 11.2. The summed E-state index contributed by atoms with van der Waals surface area (Å²) in [5, 5.41) is 0. The summed E-state index contributed by atoms with van der Waals surface area (Å²) in [5.74, 6) is 2.71. The number of hydrogen-bond acceptors (Lipinski definition) is 4. The van der Waals surface area contributed by atoms with Gasteiger partial charge in [0.1, 0.15) is 5.76 Å². The van der Waals surface area contributed by atoms with Gasteiger partial charge in [0.25, 0.3) is 0 Å². The molecule has 6 rings (SSSR count). The summed E-state index contributed by atoms with van der Waals surface area (Å²) < 4.78 is 17.7. The van der Waals surface area contributed by atoms with E-state index in [1.165, 1.54) is 16.7 Å². The van der Waals surface area contributed by atoms with Crippen LogP contribution in [0.5, 0.6) is 11.5 Å². The molecule has 0 amide bonds. The molecule has 0 aromatic heterocycles. The van der Waals surface area contributed by atoms with Crippen LogP contribution in [-0.2, 0) is 15.6 Å². The lowest BCUT2D eigenvalue weighted by Crippen LogP contribution is -2.64. The second kappa shape index (κ2) is 3.44. The molecular weight excluding hydrogens is 290 g/mol. The van der Waals surface area contributed by atoms with Gasteiger partial charge in [0.15, 0.2) is 17.6 Å². The maximum Gasteiger partial charge on any atom is 0.169 e. The van der Waals surface area contributed by atoms with Crippen LogP contribution in [0.2, 0.25) is 0 Å². The summed E-state index contributed by atoms with van der Waals surface area (Å²) >= 11 is 0. The van der Waals surface area contributed by atoms with E-state index in [0.29, 0.717) is 6.04 Å².